The summed E-state index contributed by atoms with van der Waals surface area (Å²) in [6, 6.07) is 21.6. The largest absolute Gasteiger partial charge is 0.354 e. The summed E-state index contributed by atoms with van der Waals surface area (Å²) < 4.78 is 0. The number of fused-ring (bicyclic) bond motifs is 1. The van der Waals surface area contributed by atoms with Crippen molar-refractivity contribution in [3.05, 3.63) is 95.8 Å². The van der Waals surface area contributed by atoms with Crippen molar-refractivity contribution in [2.75, 3.05) is 12.4 Å². The first-order valence-corrected chi connectivity index (χ1v) is 7.85. The lowest BCUT2D eigenvalue weighted by Crippen LogP contribution is -2.48. The number of carbonyl (C=O) groups is 1. The van der Waals surface area contributed by atoms with E-state index in [1.165, 1.54) is 0 Å². The molecular formula is C20H17N3O. The third-order valence-electron chi connectivity index (χ3n) is 4.53. The maximum atomic E-state index is 12.8. The number of rotatable bonds is 3. The Labute approximate surface area is 140 Å². The number of aromatic nitrogens is 1. The van der Waals surface area contributed by atoms with Crippen molar-refractivity contribution in [3.63, 3.8) is 0 Å². The van der Waals surface area contributed by atoms with Gasteiger partial charge in [-0.25, -0.2) is 0 Å². The molecule has 4 nitrogen and oxygen atoms in total. The number of amides is 1. The molecule has 2 aromatic carbocycles. The fourth-order valence-electron chi connectivity index (χ4n) is 3.40. The molecule has 0 saturated heterocycles. The molecule has 0 fully saturated rings. The Morgan fingerprint density at radius 2 is 1.71 bits per heavy atom. The van der Waals surface area contributed by atoms with Gasteiger partial charge in [0.1, 0.15) is 0 Å². The number of hydrogen-bond acceptors (Lipinski definition) is 3. The number of nitrogens with one attached hydrogen (secondary N) is 1. The molecule has 0 aliphatic carbocycles. The van der Waals surface area contributed by atoms with Gasteiger partial charge in [-0.15, -0.1) is 0 Å². The predicted molar refractivity (Wildman–Crippen MR) is 93.6 cm³/mol. The van der Waals surface area contributed by atoms with Crippen molar-refractivity contribution in [2.24, 2.45) is 0 Å². The van der Waals surface area contributed by atoms with E-state index in [1.807, 2.05) is 73.8 Å². The zero-order valence-electron chi connectivity index (χ0n) is 13.3. The maximum absolute atomic E-state index is 12.8. The highest BCUT2D eigenvalue weighted by molar-refractivity contribution is 6.01. The van der Waals surface area contributed by atoms with Gasteiger partial charge in [0.05, 0.1) is 11.9 Å². The van der Waals surface area contributed by atoms with Crippen molar-refractivity contribution in [1.82, 2.24) is 9.88 Å². The Balaban J connectivity index is 1.97. The summed E-state index contributed by atoms with van der Waals surface area (Å²) in [4.78, 5) is 18.8. The quantitative estimate of drug-likeness (QED) is 0.805. The molecule has 1 N–H and O–H groups in total. The molecule has 3 aromatic rings. The Morgan fingerprint density at radius 3 is 2.46 bits per heavy atom. The van der Waals surface area contributed by atoms with Crippen LogP contribution in [0, 0.1) is 0 Å². The Morgan fingerprint density at radius 1 is 0.958 bits per heavy atom. The number of anilines is 1. The highest BCUT2D eigenvalue weighted by atomic mass is 16.2. The number of carbonyl (C=O) groups excluding carboxylic acids is 1. The van der Waals surface area contributed by atoms with Gasteiger partial charge in [0.15, 0.2) is 5.66 Å². The average Bonchev–Trinajstić information content (AvgIpc) is 2.86. The van der Waals surface area contributed by atoms with Gasteiger partial charge in [-0.2, -0.15) is 0 Å². The van der Waals surface area contributed by atoms with Crippen LogP contribution in [0.3, 0.4) is 0 Å². The van der Waals surface area contributed by atoms with Crippen LogP contribution in [0.15, 0.2) is 79.1 Å². The first kappa shape index (κ1) is 14.5. The lowest BCUT2D eigenvalue weighted by Gasteiger charge is -2.39. The Bertz CT molecular complexity index is 880. The molecular weight excluding hydrogens is 298 g/mol. The second-order valence-corrected chi connectivity index (χ2v) is 5.85. The lowest BCUT2D eigenvalue weighted by molar-refractivity contribution is 0.0725. The summed E-state index contributed by atoms with van der Waals surface area (Å²) in [5.41, 5.74) is 2.79. The van der Waals surface area contributed by atoms with E-state index in [2.05, 4.69) is 10.3 Å². The van der Waals surface area contributed by atoms with Crippen LogP contribution in [0.2, 0.25) is 0 Å². The van der Waals surface area contributed by atoms with Crippen LogP contribution in [0.25, 0.3) is 0 Å². The summed E-state index contributed by atoms with van der Waals surface area (Å²) in [5, 5.41) is 3.55. The van der Waals surface area contributed by atoms with Gasteiger partial charge in [-0.3, -0.25) is 9.78 Å². The zero-order chi connectivity index (χ0) is 16.6. The van der Waals surface area contributed by atoms with Crippen molar-refractivity contribution in [3.8, 4) is 0 Å². The molecule has 0 saturated carbocycles. The normalized spacial score (nSPS) is 19.2. The molecule has 1 atom stereocenters. The molecule has 0 bridgehead atoms. The van der Waals surface area contributed by atoms with Crippen LogP contribution in [0.5, 0.6) is 0 Å². The van der Waals surface area contributed by atoms with Crippen molar-refractivity contribution < 1.29 is 4.79 Å². The van der Waals surface area contributed by atoms with Gasteiger partial charge < -0.3 is 10.2 Å². The van der Waals surface area contributed by atoms with Gasteiger partial charge in [-0.05, 0) is 18.2 Å². The van der Waals surface area contributed by atoms with Gasteiger partial charge in [0.25, 0.3) is 5.91 Å². The smallest absolute Gasteiger partial charge is 0.256 e. The van der Waals surface area contributed by atoms with Gasteiger partial charge in [0.2, 0.25) is 0 Å². The summed E-state index contributed by atoms with van der Waals surface area (Å²) in [6.45, 7) is 0. The topological polar surface area (TPSA) is 45.2 Å². The second kappa shape index (κ2) is 5.49. The van der Waals surface area contributed by atoms with Crippen LogP contribution in [-0.2, 0) is 5.66 Å². The standard InChI is InChI=1S/C20H17N3O/c1-23-19(24)17-11-5-6-12-18(17)20(23,15-8-3-2-4-9-15)22-16-10-7-13-21-14-16/h2-14,22H,1H3. The molecule has 4 heteroatoms. The highest BCUT2D eigenvalue weighted by Gasteiger charge is 2.49. The fourth-order valence-corrected chi connectivity index (χ4v) is 3.40. The minimum absolute atomic E-state index is 0.00541. The van der Waals surface area contributed by atoms with E-state index in [0.29, 0.717) is 0 Å². The molecule has 1 unspecified atom stereocenters. The summed E-state index contributed by atoms with van der Waals surface area (Å²) in [6.07, 6.45) is 3.50. The molecule has 1 aliphatic heterocycles. The molecule has 2 heterocycles. The van der Waals surface area contributed by atoms with Crippen LogP contribution in [0.1, 0.15) is 21.5 Å². The fraction of sp³-hybridized carbons (Fsp3) is 0.100. The molecule has 1 aromatic heterocycles. The second-order valence-electron chi connectivity index (χ2n) is 5.85. The molecule has 1 amide bonds. The Hall–Kier alpha value is -3.14. The van der Waals surface area contributed by atoms with Gasteiger partial charge in [0, 0.05) is 29.9 Å². The third kappa shape index (κ3) is 2.00. The maximum Gasteiger partial charge on any atom is 0.256 e. The third-order valence-corrected chi connectivity index (χ3v) is 4.53. The highest BCUT2D eigenvalue weighted by Crippen LogP contribution is 2.43. The molecule has 1 aliphatic rings. The van der Waals surface area contributed by atoms with Crippen LogP contribution in [-0.4, -0.2) is 22.8 Å². The predicted octanol–water partition coefficient (Wildman–Crippen LogP) is 3.48. The minimum Gasteiger partial charge on any atom is -0.354 e. The Kier molecular flexibility index (Phi) is 3.31. The monoisotopic (exact) mass is 315 g/mol. The van der Waals surface area contributed by atoms with E-state index in [0.717, 1.165) is 22.4 Å². The number of benzene rings is 2. The molecule has 4 rings (SSSR count). The molecule has 24 heavy (non-hydrogen) atoms. The van der Waals surface area contributed by atoms with E-state index in [-0.39, 0.29) is 5.91 Å². The zero-order valence-corrected chi connectivity index (χ0v) is 13.3. The van der Waals surface area contributed by atoms with E-state index in [4.69, 9.17) is 0 Å². The van der Waals surface area contributed by atoms with Crippen LogP contribution >= 0.6 is 0 Å². The molecule has 118 valence electrons. The van der Waals surface area contributed by atoms with Gasteiger partial charge >= 0.3 is 0 Å². The van der Waals surface area contributed by atoms with Crippen LogP contribution < -0.4 is 5.32 Å². The first-order chi connectivity index (χ1) is 11.7. The lowest BCUT2D eigenvalue weighted by atomic mass is 9.90. The number of nitrogens with zero attached hydrogens (tertiary/aromatic N) is 2. The average molecular weight is 315 g/mol. The van der Waals surface area contributed by atoms with E-state index >= 15 is 0 Å². The first-order valence-electron chi connectivity index (χ1n) is 7.85. The SMILES string of the molecule is CN1C(=O)c2ccccc2C1(Nc1cccnc1)c1ccccc1. The van der Waals surface area contributed by atoms with Gasteiger partial charge in [-0.1, -0.05) is 48.5 Å². The molecule has 0 radical (unpaired) electrons. The van der Waals surface area contributed by atoms with Crippen molar-refractivity contribution in [2.45, 2.75) is 5.66 Å². The van der Waals surface area contributed by atoms with Crippen molar-refractivity contribution in [1.29, 1.82) is 0 Å². The summed E-state index contributed by atoms with van der Waals surface area (Å²) in [5.74, 6) is 0.00541. The number of pyridine rings is 1. The number of hydrogen-bond donors (Lipinski definition) is 1. The van der Waals surface area contributed by atoms with Crippen molar-refractivity contribution >= 4 is 11.6 Å². The van der Waals surface area contributed by atoms with Crippen LogP contribution in [0.4, 0.5) is 5.69 Å². The van der Waals surface area contributed by atoms with E-state index in [1.54, 1.807) is 17.3 Å². The molecule has 0 spiro atoms. The summed E-state index contributed by atoms with van der Waals surface area (Å²) in [7, 11) is 1.83. The van der Waals surface area contributed by atoms with E-state index < -0.39 is 5.66 Å². The van der Waals surface area contributed by atoms with E-state index in [9.17, 15) is 4.79 Å². The summed E-state index contributed by atoms with van der Waals surface area (Å²) >= 11 is 0. The minimum atomic E-state index is -0.752.